The van der Waals surface area contributed by atoms with Crippen molar-refractivity contribution in [1.82, 2.24) is 9.97 Å². The van der Waals surface area contributed by atoms with Crippen LogP contribution in [0.1, 0.15) is 18.3 Å². The van der Waals surface area contributed by atoms with Crippen LogP contribution >= 0.6 is 15.9 Å². The number of nitrogens with zero attached hydrogens (tertiary/aromatic N) is 3. The van der Waals surface area contributed by atoms with Crippen LogP contribution in [0.4, 0.5) is 11.5 Å². The minimum atomic E-state index is 0.547. The summed E-state index contributed by atoms with van der Waals surface area (Å²) in [5.41, 5.74) is 1.30. The lowest BCUT2D eigenvalue weighted by atomic mass is 10.2. The van der Waals surface area contributed by atoms with Gasteiger partial charge in [-0.25, -0.2) is 9.97 Å². The van der Waals surface area contributed by atoms with Gasteiger partial charge in [0.1, 0.15) is 22.0 Å². The Balaban J connectivity index is 2.34. The van der Waals surface area contributed by atoms with Crippen molar-refractivity contribution in [2.24, 2.45) is 0 Å². The molecule has 102 valence electrons. The van der Waals surface area contributed by atoms with E-state index >= 15 is 0 Å². The van der Waals surface area contributed by atoms with Crippen LogP contribution in [-0.4, -0.2) is 17.1 Å². The van der Waals surface area contributed by atoms with E-state index in [0.717, 1.165) is 22.5 Å². The van der Waals surface area contributed by atoms with E-state index in [-0.39, 0.29) is 0 Å². The predicted octanol–water partition coefficient (Wildman–Crippen LogP) is 3.43. The van der Waals surface area contributed by atoms with Crippen LogP contribution in [0.25, 0.3) is 0 Å². The maximum absolute atomic E-state index is 8.89. The van der Waals surface area contributed by atoms with E-state index in [1.807, 2.05) is 6.92 Å². The maximum Gasteiger partial charge on any atom is 0.143 e. The monoisotopic (exact) mass is 332 g/mol. The average molecular weight is 333 g/mol. The van der Waals surface area contributed by atoms with Gasteiger partial charge in [-0.05, 0) is 28.1 Å². The van der Waals surface area contributed by atoms with Crippen molar-refractivity contribution in [3.05, 3.63) is 40.3 Å². The largest absolute Gasteiger partial charge is 0.495 e. The molecule has 1 aromatic carbocycles. The predicted molar refractivity (Wildman–Crippen MR) is 80.1 cm³/mol. The lowest BCUT2D eigenvalue weighted by Gasteiger charge is -2.11. The van der Waals surface area contributed by atoms with E-state index in [1.54, 1.807) is 31.4 Å². The van der Waals surface area contributed by atoms with Crippen LogP contribution in [0.5, 0.6) is 5.75 Å². The quantitative estimate of drug-likeness (QED) is 0.868. The SMILES string of the molecule is CCc1nc(Br)cc(Nc2ccc(C#N)cc2OC)n1. The number of methoxy groups -OCH3 is 1. The summed E-state index contributed by atoms with van der Waals surface area (Å²) in [6.07, 6.45) is 0.749. The minimum absolute atomic E-state index is 0.547. The van der Waals surface area contributed by atoms with E-state index < -0.39 is 0 Å². The van der Waals surface area contributed by atoms with E-state index in [1.165, 1.54) is 0 Å². The van der Waals surface area contributed by atoms with Crippen molar-refractivity contribution in [1.29, 1.82) is 5.26 Å². The zero-order chi connectivity index (χ0) is 14.5. The number of aromatic nitrogens is 2. The zero-order valence-corrected chi connectivity index (χ0v) is 12.7. The van der Waals surface area contributed by atoms with Crippen LogP contribution in [0.2, 0.25) is 0 Å². The van der Waals surface area contributed by atoms with Gasteiger partial charge in [0, 0.05) is 18.6 Å². The molecule has 2 aromatic rings. The Labute approximate surface area is 125 Å². The van der Waals surface area contributed by atoms with Crippen LogP contribution in [0, 0.1) is 11.3 Å². The van der Waals surface area contributed by atoms with Gasteiger partial charge in [0.05, 0.1) is 24.4 Å². The normalized spacial score (nSPS) is 9.90. The molecule has 0 radical (unpaired) electrons. The molecule has 0 saturated carbocycles. The first-order valence-electron chi connectivity index (χ1n) is 6.05. The smallest absolute Gasteiger partial charge is 0.143 e. The third-order valence-electron chi connectivity index (χ3n) is 2.65. The van der Waals surface area contributed by atoms with E-state index in [0.29, 0.717) is 17.1 Å². The maximum atomic E-state index is 8.89. The third-order valence-corrected chi connectivity index (χ3v) is 3.06. The molecule has 0 unspecified atom stereocenters. The van der Waals surface area contributed by atoms with Gasteiger partial charge < -0.3 is 10.1 Å². The minimum Gasteiger partial charge on any atom is -0.495 e. The molecular formula is C14H13BrN4O. The van der Waals surface area contributed by atoms with Gasteiger partial charge >= 0.3 is 0 Å². The van der Waals surface area contributed by atoms with Gasteiger partial charge in [-0.15, -0.1) is 0 Å². The fraction of sp³-hybridized carbons (Fsp3) is 0.214. The summed E-state index contributed by atoms with van der Waals surface area (Å²) in [5.74, 6) is 2.01. The van der Waals surface area contributed by atoms with Crippen LogP contribution < -0.4 is 10.1 Å². The molecule has 2 rings (SSSR count). The highest BCUT2D eigenvalue weighted by atomic mass is 79.9. The number of nitrogens with one attached hydrogen (secondary N) is 1. The number of rotatable bonds is 4. The van der Waals surface area contributed by atoms with E-state index in [2.05, 4.69) is 37.3 Å². The molecule has 0 atom stereocenters. The summed E-state index contributed by atoms with van der Waals surface area (Å²) in [6, 6.07) is 9.06. The van der Waals surface area contributed by atoms with Crippen molar-refractivity contribution in [3.8, 4) is 11.8 Å². The fourth-order valence-corrected chi connectivity index (χ4v) is 2.11. The molecule has 0 saturated heterocycles. The molecule has 0 spiro atoms. The molecule has 20 heavy (non-hydrogen) atoms. The molecule has 1 aromatic heterocycles. The molecule has 5 nitrogen and oxygen atoms in total. The highest BCUT2D eigenvalue weighted by Gasteiger charge is 2.07. The first kappa shape index (κ1) is 14.3. The number of hydrogen-bond donors (Lipinski definition) is 1. The summed E-state index contributed by atoms with van der Waals surface area (Å²) >= 11 is 3.36. The fourth-order valence-electron chi connectivity index (χ4n) is 1.69. The number of benzene rings is 1. The lowest BCUT2D eigenvalue weighted by molar-refractivity contribution is 0.416. The molecule has 0 fully saturated rings. The first-order valence-corrected chi connectivity index (χ1v) is 6.84. The average Bonchev–Trinajstić information content (AvgIpc) is 2.47. The Morgan fingerprint density at radius 3 is 2.80 bits per heavy atom. The summed E-state index contributed by atoms with van der Waals surface area (Å²) in [5, 5.41) is 12.1. The number of halogens is 1. The molecule has 0 aliphatic rings. The molecule has 0 aliphatic heterocycles. The third kappa shape index (κ3) is 3.25. The van der Waals surface area contributed by atoms with E-state index in [4.69, 9.17) is 10.00 Å². The zero-order valence-electron chi connectivity index (χ0n) is 11.1. The highest BCUT2D eigenvalue weighted by Crippen LogP contribution is 2.28. The van der Waals surface area contributed by atoms with Crippen molar-refractivity contribution >= 4 is 27.4 Å². The number of hydrogen-bond acceptors (Lipinski definition) is 5. The second kappa shape index (κ2) is 6.35. The molecular weight excluding hydrogens is 320 g/mol. The van der Waals surface area contributed by atoms with Gasteiger partial charge in [0.2, 0.25) is 0 Å². The molecule has 0 aliphatic carbocycles. The summed E-state index contributed by atoms with van der Waals surface area (Å²) in [4.78, 5) is 8.65. The second-order valence-corrected chi connectivity index (χ2v) is 4.81. The highest BCUT2D eigenvalue weighted by molar-refractivity contribution is 9.10. The Kier molecular flexibility index (Phi) is 4.53. The first-order chi connectivity index (χ1) is 9.66. The molecule has 1 N–H and O–H groups in total. The Morgan fingerprint density at radius 2 is 2.15 bits per heavy atom. The van der Waals surface area contributed by atoms with Gasteiger partial charge in [0.15, 0.2) is 0 Å². The van der Waals surface area contributed by atoms with Crippen LogP contribution in [-0.2, 0) is 6.42 Å². The standard InChI is InChI=1S/C14H13BrN4O/c1-3-13-18-12(15)7-14(19-13)17-10-5-4-9(8-16)6-11(10)20-2/h4-7H,3H2,1-2H3,(H,17,18,19). The van der Waals surface area contributed by atoms with Gasteiger partial charge in [-0.3, -0.25) is 0 Å². The van der Waals surface area contributed by atoms with Gasteiger partial charge in [-0.1, -0.05) is 6.92 Å². The molecule has 1 heterocycles. The number of ether oxygens (including phenoxy) is 1. The summed E-state index contributed by atoms with van der Waals surface area (Å²) in [6.45, 7) is 1.99. The number of aryl methyl sites for hydroxylation is 1. The van der Waals surface area contributed by atoms with Crippen molar-refractivity contribution in [2.75, 3.05) is 12.4 Å². The van der Waals surface area contributed by atoms with E-state index in [9.17, 15) is 0 Å². The topological polar surface area (TPSA) is 70.8 Å². The Hall–Kier alpha value is -2.13. The summed E-state index contributed by atoms with van der Waals surface area (Å²) < 4.78 is 6.00. The molecule has 0 bridgehead atoms. The van der Waals surface area contributed by atoms with Gasteiger partial charge in [0.25, 0.3) is 0 Å². The Bertz CT molecular complexity index is 667. The van der Waals surface area contributed by atoms with Crippen molar-refractivity contribution in [3.63, 3.8) is 0 Å². The number of anilines is 2. The second-order valence-electron chi connectivity index (χ2n) is 4.00. The number of nitriles is 1. The van der Waals surface area contributed by atoms with Crippen LogP contribution in [0.15, 0.2) is 28.9 Å². The Morgan fingerprint density at radius 1 is 1.35 bits per heavy atom. The van der Waals surface area contributed by atoms with Gasteiger partial charge in [-0.2, -0.15) is 5.26 Å². The van der Waals surface area contributed by atoms with Crippen molar-refractivity contribution < 1.29 is 4.74 Å². The molecule has 6 heteroatoms. The van der Waals surface area contributed by atoms with Crippen molar-refractivity contribution in [2.45, 2.75) is 13.3 Å². The summed E-state index contributed by atoms with van der Waals surface area (Å²) in [7, 11) is 1.56. The van der Waals surface area contributed by atoms with Crippen LogP contribution in [0.3, 0.4) is 0 Å². The molecule has 0 amide bonds. The lowest BCUT2D eigenvalue weighted by Crippen LogP contribution is -2.01.